The summed E-state index contributed by atoms with van der Waals surface area (Å²) >= 11 is 0. The minimum Gasteiger partial charge on any atom is -0.478 e. The Labute approximate surface area is 109 Å². The molecule has 0 amide bonds. The molecular formula is C13H13NO5. The number of carboxylic acids is 2. The second-order valence-corrected chi connectivity index (χ2v) is 3.69. The lowest BCUT2D eigenvalue weighted by Crippen LogP contribution is -2.29. The summed E-state index contributed by atoms with van der Waals surface area (Å²) < 4.78 is 0. The number of carbonyl (C=O) groups is 3. The van der Waals surface area contributed by atoms with Gasteiger partial charge >= 0.3 is 11.9 Å². The molecule has 1 aliphatic heterocycles. The van der Waals surface area contributed by atoms with E-state index < -0.39 is 11.9 Å². The molecule has 6 nitrogen and oxygen atoms in total. The summed E-state index contributed by atoms with van der Waals surface area (Å²) in [6.45, 7) is 1.30. The summed E-state index contributed by atoms with van der Waals surface area (Å²) in [5.74, 6) is -2.31. The Bertz CT molecular complexity index is 506. The standard InChI is InChI=1S/C9H9NO.C4H4O4/c11-9-6-10-5-7-3-1-2-4-8(7)9;5-3(6)1-2-4(7)8/h1-4,10H,5-6H2;1-2H,(H,5,6)(H,7,8). The van der Waals surface area contributed by atoms with Crippen LogP contribution in [0.5, 0.6) is 0 Å². The van der Waals surface area contributed by atoms with Crippen molar-refractivity contribution in [2.45, 2.75) is 6.54 Å². The quantitative estimate of drug-likeness (QED) is 0.678. The Kier molecular flexibility index (Phi) is 5.43. The molecule has 0 spiro atoms. The monoisotopic (exact) mass is 263 g/mol. The van der Waals surface area contributed by atoms with Crippen LogP contribution in [0, 0.1) is 0 Å². The van der Waals surface area contributed by atoms with E-state index in [2.05, 4.69) is 5.32 Å². The molecule has 6 heteroatoms. The fraction of sp³-hybridized carbons (Fsp3) is 0.154. The van der Waals surface area contributed by atoms with Crippen LogP contribution in [0.15, 0.2) is 36.4 Å². The van der Waals surface area contributed by atoms with Gasteiger partial charge in [-0.2, -0.15) is 0 Å². The van der Waals surface area contributed by atoms with Crippen molar-refractivity contribution in [3.63, 3.8) is 0 Å². The first-order valence-electron chi connectivity index (χ1n) is 5.46. The van der Waals surface area contributed by atoms with Crippen LogP contribution < -0.4 is 5.32 Å². The van der Waals surface area contributed by atoms with Crippen LogP contribution in [0.3, 0.4) is 0 Å². The predicted octanol–water partition coefficient (Wildman–Crippen LogP) is 0.684. The summed E-state index contributed by atoms with van der Waals surface area (Å²) in [6, 6.07) is 7.74. The van der Waals surface area contributed by atoms with Gasteiger partial charge in [-0.05, 0) is 5.56 Å². The molecule has 100 valence electrons. The Morgan fingerprint density at radius 2 is 1.63 bits per heavy atom. The molecule has 1 aromatic carbocycles. The second kappa shape index (κ2) is 7.07. The fourth-order valence-corrected chi connectivity index (χ4v) is 1.49. The van der Waals surface area contributed by atoms with Gasteiger partial charge in [0, 0.05) is 24.3 Å². The highest BCUT2D eigenvalue weighted by atomic mass is 16.4. The molecule has 0 unspecified atom stereocenters. The fourth-order valence-electron chi connectivity index (χ4n) is 1.49. The molecule has 0 bridgehead atoms. The third kappa shape index (κ3) is 5.13. The Morgan fingerprint density at radius 1 is 1.05 bits per heavy atom. The molecule has 0 atom stereocenters. The molecule has 0 fully saturated rings. The maximum Gasteiger partial charge on any atom is 0.328 e. The number of aliphatic carboxylic acids is 2. The zero-order valence-electron chi connectivity index (χ0n) is 10.00. The molecule has 0 aliphatic carbocycles. The minimum absolute atomic E-state index is 0.201. The molecular weight excluding hydrogens is 250 g/mol. The number of nitrogens with one attached hydrogen (secondary N) is 1. The maximum absolute atomic E-state index is 11.2. The topological polar surface area (TPSA) is 104 Å². The summed E-state index contributed by atoms with van der Waals surface area (Å²) in [7, 11) is 0. The van der Waals surface area contributed by atoms with Crippen LogP contribution in [0.1, 0.15) is 15.9 Å². The molecule has 1 aromatic rings. The number of rotatable bonds is 2. The van der Waals surface area contributed by atoms with Crippen molar-refractivity contribution in [3.05, 3.63) is 47.5 Å². The highest BCUT2D eigenvalue weighted by molar-refractivity contribution is 5.99. The van der Waals surface area contributed by atoms with E-state index in [1.54, 1.807) is 0 Å². The van der Waals surface area contributed by atoms with Crippen LogP contribution in [0.4, 0.5) is 0 Å². The first-order chi connectivity index (χ1) is 9.00. The van der Waals surface area contributed by atoms with Crippen molar-refractivity contribution in [2.24, 2.45) is 0 Å². The Hall–Kier alpha value is -2.47. The average molecular weight is 263 g/mol. The van der Waals surface area contributed by atoms with Crippen LogP contribution >= 0.6 is 0 Å². The normalized spacial score (nSPS) is 13.4. The zero-order chi connectivity index (χ0) is 14.3. The third-order valence-electron chi connectivity index (χ3n) is 2.29. The van der Waals surface area contributed by atoms with E-state index in [0.717, 1.165) is 17.7 Å². The van der Waals surface area contributed by atoms with Crippen molar-refractivity contribution >= 4 is 17.7 Å². The highest BCUT2D eigenvalue weighted by Gasteiger charge is 2.14. The lowest BCUT2D eigenvalue weighted by Gasteiger charge is -2.14. The van der Waals surface area contributed by atoms with Gasteiger partial charge in [0.2, 0.25) is 0 Å². The van der Waals surface area contributed by atoms with Crippen molar-refractivity contribution in [1.29, 1.82) is 0 Å². The van der Waals surface area contributed by atoms with Crippen LogP contribution in [0.25, 0.3) is 0 Å². The molecule has 1 aliphatic rings. The summed E-state index contributed by atoms with van der Waals surface area (Å²) in [5.41, 5.74) is 2.00. The zero-order valence-corrected chi connectivity index (χ0v) is 10.00. The molecule has 0 aromatic heterocycles. The SMILES string of the molecule is O=C(O)C=CC(=O)O.O=C1CNCc2ccccc21. The molecule has 0 saturated carbocycles. The largest absolute Gasteiger partial charge is 0.478 e. The van der Waals surface area contributed by atoms with E-state index in [-0.39, 0.29) is 5.78 Å². The average Bonchev–Trinajstić information content (AvgIpc) is 2.38. The molecule has 2 rings (SSSR count). The summed E-state index contributed by atoms with van der Waals surface area (Å²) in [4.78, 5) is 30.3. The molecule has 1 heterocycles. The van der Waals surface area contributed by atoms with E-state index in [4.69, 9.17) is 10.2 Å². The number of ketones is 1. The smallest absolute Gasteiger partial charge is 0.328 e. The van der Waals surface area contributed by atoms with Gasteiger partial charge in [0.25, 0.3) is 0 Å². The number of carboxylic acid groups (broad SMARTS) is 2. The van der Waals surface area contributed by atoms with Gasteiger partial charge < -0.3 is 15.5 Å². The minimum atomic E-state index is -1.26. The van der Waals surface area contributed by atoms with E-state index in [1.807, 2.05) is 24.3 Å². The van der Waals surface area contributed by atoms with Crippen molar-refractivity contribution in [1.82, 2.24) is 5.32 Å². The maximum atomic E-state index is 11.2. The number of fused-ring (bicyclic) bond motifs is 1. The van der Waals surface area contributed by atoms with Gasteiger partial charge in [-0.15, -0.1) is 0 Å². The number of carbonyl (C=O) groups excluding carboxylic acids is 1. The number of hydrogen-bond donors (Lipinski definition) is 3. The molecule has 3 N–H and O–H groups in total. The number of hydrogen-bond acceptors (Lipinski definition) is 4. The van der Waals surface area contributed by atoms with E-state index in [1.165, 1.54) is 0 Å². The van der Waals surface area contributed by atoms with Crippen LogP contribution in [-0.4, -0.2) is 34.5 Å². The lowest BCUT2D eigenvalue weighted by molar-refractivity contribution is -0.134. The van der Waals surface area contributed by atoms with Gasteiger partial charge in [-0.1, -0.05) is 24.3 Å². The predicted molar refractivity (Wildman–Crippen MR) is 66.9 cm³/mol. The first-order valence-corrected chi connectivity index (χ1v) is 5.46. The molecule has 0 radical (unpaired) electrons. The van der Waals surface area contributed by atoms with E-state index in [0.29, 0.717) is 18.7 Å². The third-order valence-corrected chi connectivity index (χ3v) is 2.29. The van der Waals surface area contributed by atoms with E-state index >= 15 is 0 Å². The Balaban J connectivity index is 0.000000203. The van der Waals surface area contributed by atoms with Crippen molar-refractivity contribution < 1.29 is 24.6 Å². The highest BCUT2D eigenvalue weighted by Crippen LogP contribution is 2.11. The number of benzene rings is 1. The molecule has 19 heavy (non-hydrogen) atoms. The van der Waals surface area contributed by atoms with Crippen molar-refractivity contribution in [3.8, 4) is 0 Å². The van der Waals surface area contributed by atoms with Crippen LogP contribution in [0.2, 0.25) is 0 Å². The molecule has 0 saturated heterocycles. The van der Waals surface area contributed by atoms with Gasteiger partial charge in [0.15, 0.2) is 5.78 Å². The van der Waals surface area contributed by atoms with Gasteiger partial charge in [0.1, 0.15) is 0 Å². The van der Waals surface area contributed by atoms with E-state index in [9.17, 15) is 14.4 Å². The van der Waals surface area contributed by atoms with Crippen LogP contribution in [-0.2, 0) is 16.1 Å². The summed E-state index contributed by atoms with van der Waals surface area (Å²) in [6.07, 6.45) is 1.12. The summed E-state index contributed by atoms with van der Waals surface area (Å²) in [5, 5.41) is 18.7. The van der Waals surface area contributed by atoms with Gasteiger partial charge in [0.05, 0.1) is 6.54 Å². The van der Waals surface area contributed by atoms with Gasteiger partial charge in [-0.25, -0.2) is 9.59 Å². The number of Topliss-reactive ketones (excluding diaryl/α,β-unsaturated/α-hetero) is 1. The lowest BCUT2D eigenvalue weighted by atomic mass is 10.0. The first kappa shape index (κ1) is 14.6. The second-order valence-electron chi connectivity index (χ2n) is 3.69. The van der Waals surface area contributed by atoms with Crippen molar-refractivity contribution in [2.75, 3.05) is 6.54 Å². The van der Waals surface area contributed by atoms with Gasteiger partial charge in [-0.3, -0.25) is 4.79 Å². The Morgan fingerprint density at radius 3 is 2.16 bits per heavy atom.